The van der Waals surface area contributed by atoms with E-state index in [1.165, 1.54) is 12.4 Å². The summed E-state index contributed by atoms with van der Waals surface area (Å²) in [5.74, 6) is -0.848. The molecule has 0 aromatic carbocycles. The van der Waals surface area contributed by atoms with Crippen LogP contribution in [0.2, 0.25) is 0 Å². The molecule has 0 N–H and O–H groups in total. The predicted octanol–water partition coefficient (Wildman–Crippen LogP) is 1.67. The molecule has 0 amide bonds. The Morgan fingerprint density at radius 3 is 0.736 bits per heavy atom. The molecule has 0 radical (unpaired) electrons. The number of pyridine rings is 2. The van der Waals surface area contributed by atoms with Crippen LogP contribution in [0, 0.1) is 0 Å². The van der Waals surface area contributed by atoms with Gasteiger partial charge in [-0.05, 0) is 24.3 Å². The molecule has 2 aromatic heterocycles. The van der Waals surface area contributed by atoms with E-state index >= 15 is 0 Å². The monoisotopic (exact) mass is 756 g/mol. The molecule has 0 aliphatic rings. The molecule has 0 bridgehead atoms. The summed E-state index contributed by atoms with van der Waals surface area (Å²) in [6, 6.07) is 6.64. The molecule has 300 valence electrons. The molecule has 0 spiro atoms. The highest BCUT2D eigenvalue weighted by Gasteiger charge is 2.07. The first-order valence-electron chi connectivity index (χ1n) is 17.8. The molecule has 0 fully saturated rings. The Morgan fingerprint density at radius 1 is 0.340 bits per heavy atom. The molecule has 53 heavy (non-hydrogen) atoms. The van der Waals surface area contributed by atoms with Crippen LogP contribution in [0.25, 0.3) is 0 Å². The Kier molecular flexibility index (Phi) is 31.1. The van der Waals surface area contributed by atoms with Crippen LogP contribution in [0.4, 0.5) is 0 Å². The molecule has 0 saturated heterocycles. The summed E-state index contributed by atoms with van der Waals surface area (Å²) in [7, 11) is 0. The summed E-state index contributed by atoms with van der Waals surface area (Å²) in [6.07, 6.45) is 6.10. The first-order chi connectivity index (χ1) is 26.3. The van der Waals surface area contributed by atoms with Crippen molar-refractivity contribution in [2.24, 2.45) is 0 Å². The van der Waals surface area contributed by atoms with Gasteiger partial charge in [-0.25, -0.2) is 9.59 Å². The third kappa shape index (κ3) is 28.9. The number of hydrogen-bond acceptors (Lipinski definition) is 17. The van der Waals surface area contributed by atoms with Crippen molar-refractivity contribution in [2.45, 2.75) is 0 Å². The Balaban J connectivity index is 1.14. The van der Waals surface area contributed by atoms with Gasteiger partial charge in [0.25, 0.3) is 0 Å². The van der Waals surface area contributed by atoms with E-state index in [1.807, 2.05) is 0 Å². The number of hydrogen-bond donors (Lipinski definition) is 0. The zero-order chi connectivity index (χ0) is 37.5. The molecule has 2 aromatic rings. The van der Waals surface area contributed by atoms with Gasteiger partial charge in [0.05, 0.1) is 156 Å². The molecule has 17 heteroatoms. The van der Waals surface area contributed by atoms with E-state index in [0.29, 0.717) is 156 Å². The van der Waals surface area contributed by atoms with E-state index in [0.717, 1.165) is 0 Å². The zero-order valence-electron chi connectivity index (χ0n) is 30.6. The lowest BCUT2D eigenvalue weighted by Gasteiger charge is -2.09. The fraction of sp³-hybridized carbons (Fsp3) is 0.667. The maximum atomic E-state index is 11.8. The molecule has 17 nitrogen and oxygen atoms in total. The van der Waals surface area contributed by atoms with Gasteiger partial charge in [0.15, 0.2) is 0 Å². The van der Waals surface area contributed by atoms with Gasteiger partial charge < -0.3 is 61.6 Å². The third-order valence-corrected chi connectivity index (χ3v) is 6.44. The smallest absolute Gasteiger partial charge is 0.339 e. The topological polar surface area (TPSA) is 180 Å². The minimum absolute atomic E-state index is 0.168. The van der Waals surface area contributed by atoms with Crippen molar-refractivity contribution in [3.63, 3.8) is 0 Å². The molecule has 0 aliphatic heterocycles. The summed E-state index contributed by atoms with van der Waals surface area (Å²) in [5.41, 5.74) is 0.819. The average molecular weight is 757 g/mol. The van der Waals surface area contributed by atoms with Gasteiger partial charge in [-0.15, -0.1) is 0 Å². The van der Waals surface area contributed by atoms with Crippen molar-refractivity contribution in [1.82, 2.24) is 9.97 Å². The van der Waals surface area contributed by atoms with Crippen LogP contribution in [-0.2, 0) is 61.6 Å². The minimum Gasteiger partial charge on any atom is -0.460 e. The van der Waals surface area contributed by atoms with Crippen molar-refractivity contribution in [2.75, 3.05) is 159 Å². The van der Waals surface area contributed by atoms with Crippen LogP contribution in [0.3, 0.4) is 0 Å². The first kappa shape index (κ1) is 46.0. The lowest BCUT2D eigenvalue weighted by molar-refractivity contribution is -0.0285. The highest BCUT2D eigenvalue weighted by Crippen LogP contribution is 1.99. The second-order valence-corrected chi connectivity index (χ2v) is 10.5. The number of aromatic nitrogens is 2. The highest BCUT2D eigenvalue weighted by atomic mass is 16.6. The predicted molar refractivity (Wildman–Crippen MR) is 188 cm³/mol. The lowest BCUT2D eigenvalue weighted by Crippen LogP contribution is -2.16. The van der Waals surface area contributed by atoms with Crippen molar-refractivity contribution < 1.29 is 71.2 Å². The van der Waals surface area contributed by atoms with E-state index in [-0.39, 0.29) is 13.2 Å². The Hall–Kier alpha value is -3.20. The second kappa shape index (κ2) is 35.8. The van der Waals surface area contributed by atoms with Crippen LogP contribution >= 0.6 is 0 Å². The molecular formula is C36H56N2O15. The fourth-order valence-corrected chi connectivity index (χ4v) is 3.82. The maximum Gasteiger partial charge on any atom is 0.339 e. The molecule has 0 saturated carbocycles. The fourth-order valence-electron chi connectivity index (χ4n) is 3.82. The van der Waals surface area contributed by atoms with E-state index in [9.17, 15) is 9.59 Å². The van der Waals surface area contributed by atoms with E-state index < -0.39 is 11.9 Å². The summed E-state index contributed by atoms with van der Waals surface area (Å²) in [4.78, 5) is 31.3. The van der Waals surface area contributed by atoms with E-state index in [2.05, 4.69) is 9.97 Å². The van der Waals surface area contributed by atoms with Crippen molar-refractivity contribution in [3.8, 4) is 0 Å². The quantitative estimate of drug-likeness (QED) is 0.0713. The van der Waals surface area contributed by atoms with Gasteiger partial charge in [0.1, 0.15) is 13.2 Å². The maximum absolute atomic E-state index is 11.8. The van der Waals surface area contributed by atoms with Crippen LogP contribution in [-0.4, -0.2) is 180 Å². The van der Waals surface area contributed by atoms with Crippen molar-refractivity contribution in [3.05, 3.63) is 60.2 Å². The summed E-state index contributed by atoms with van der Waals surface area (Å²) >= 11 is 0. The van der Waals surface area contributed by atoms with Gasteiger partial charge in [-0.3, -0.25) is 9.97 Å². The number of carbonyl (C=O) groups is 2. The van der Waals surface area contributed by atoms with Gasteiger partial charge >= 0.3 is 11.9 Å². The molecule has 0 aliphatic carbocycles. The van der Waals surface area contributed by atoms with Gasteiger partial charge in [-0.2, -0.15) is 0 Å². The SMILES string of the molecule is O=C(OCCOCCOCCOCCOCCOCCOCCOCCOCCOCCOCCOCCOC(=O)c1cccnc1)c1cccnc1. The number of carbonyl (C=O) groups excluding carboxylic acids is 2. The first-order valence-corrected chi connectivity index (χ1v) is 17.8. The van der Waals surface area contributed by atoms with Crippen LogP contribution < -0.4 is 0 Å². The largest absolute Gasteiger partial charge is 0.460 e. The molecule has 2 rings (SSSR count). The average Bonchev–Trinajstić information content (AvgIpc) is 3.19. The summed E-state index contributed by atoms with van der Waals surface area (Å²) in [5, 5.41) is 0. The van der Waals surface area contributed by atoms with E-state index in [4.69, 9.17) is 61.6 Å². The molecular weight excluding hydrogens is 700 g/mol. The highest BCUT2D eigenvalue weighted by molar-refractivity contribution is 5.89. The third-order valence-electron chi connectivity index (χ3n) is 6.44. The van der Waals surface area contributed by atoms with Gasteiger partial charge in [-0.1, -0.05) is 0 Å². The van der Waals surface area contributed by atoms with Crippen molar-refractivity contribution >= 4 is 11.9 Å². The lowest BCUT2D eigenvalue weighted by atomic mass is 10.3. The van der Waals surface area contributed by atoms with Crippen LogP contribution in [0.15, 0.2) is 49.1 Å². The minimum atomic E-state index is -0.424. The van der Waals surface area contributed by atoms with Gasteiger partial charge in [0, 0.05) is 24.8 Å². The van der Waals surface area contributed by atoms with Crippen LogP contribution in [0.5, 0.6) is 0 Å². The summed E-state index contributed by atoms with van der Waals surface area (Å²) in [6.45, 7) is 10.1. The van der Waals surface area contributed by atoms with Gasteiger partial charge in [0.2, 0.25) is 0 Å². The molecule has 0 atom stereocenters. The Bertz CT molecular complexity index is 1020. The van der Waals surface area contributed by atoms with Crippen molar-refractivity contribution in [1.29, 1.82) is 0 Å². The van der Waals surface area contributed by atoms with Crippen LogP contribution in [0.1, 0.15) is 20.7 Å². The number of nitrogens with zero attached hydrogens (tertiary/aromatic N) is 2. The standard InChI is InChI=1S/C36H56N2O15/c39-35(33-3-1-5-37-31-33)52-29-27-50-25-23-48-21-19-46-17-15-44-13-11-42-9-7-41-8-10-43-12-14-45-16-18-47-20-22-49-24-26-51-28-30-53-36(40)34-4-2-6-38-32-34/h1-6,31-32H,7-30H2. The van der Waals surface area contributed by atoms with E-state index in [1.54, 1.807) is 36.7 Å². The second-order valence-electron chi connectivity index (χ2n) is 10.5. The number of rotatable bonds is 38. The Morgan fingerprint density at radius 2 is 0.547 bits per heavy atom. The number of esters is 2. The Labute approximate surface area is 311 Å². The normalized spacial score (nSPS) is 11.2. The molecule has 0 unspecified atom stereocenters. The number of ether oxygens (including phenoxy) is 13. The molecule has 2 heterocycles. The summed E-state index contributed by atoms with van der Waals surface area (Å²) < 4.78 is 70.1. The zero-order valence-corrected chi connectivity index (χ0v) is 30.6.